The summed E-state index contributed by atoms with van der Waals surface area (Å²) in [5.41, 5.74) is 2.23. The first-order valence-electron chi connectivity index (χ1n) is 6.83. The van der Waals surface area contributed by atoms with Gasteiger partial charge in [-0.2, -0.15) is 0 Å². The van der Waals surface area contributed by atoms with Crippen LogP contribution in [0.3, 0.4) is 0 Å². The first kappa shape index (κ1) is 14.2. The van der Waals surface area contributed by atoms with Crippen LogP contribution in [0, 0.1) is 0 Å². The SMILES string of the molecule is COc1ccc(C2COc3cc(/C(C)=N\O)ccc3O2)cn1. The van der Waals surface area contributed by atoms with E-state index in [-0.39, 0.29) is 6.10 Å². The van der Waals surface area contributed by atoms with Gasteiger partial charge in [-0.05, 0) is 31.2 Å². The lowest BCUT2D eigenvalue weighted by molar-refractivity contribution is 0.0909. The smallest absolute Gasteiger partial charge is 0.212 e. The van der Waals surface area contributed by atoms with Gasteiger partial charge in [-0.1, -0.05) is 5.16 Å². The van der Waals surface area contributed by atoms with E-state index in [1.807, 2.05) is 18.2 Å². The highest BCUT2D eigenvalue weighted by Crippen LogP contribution is 2.37. The summed E-state index contributed by atoms with van der Waals surface area (Å²) in [6.45, 7) is 2.11. The zero-order valence-electron chi connectivity index (χ0n) is 12.3. The number of hydrogen-bond donors (Lipinski definition) is 1. The molecule has 0 bridgehead atoms. The number of methoxy groups -OCH3 is 1. The first-order valence-corrected chi connectivity index (χ1v) is 6.83. The largest absolute Gasteiger partial charge is 0.485 e. The van der Waals surface area contributed by atoms with Gasteiger partial charge in [0.05, 0.1) is 12.8 Å². The molecule has 6 nitrogen and oxygen atoms in total. The van der Waals surface area contributed by atoms with Crippen molar-refractivity contribution in [3.8, 4) is 17.4 Å². The molecule has 1 aliphatic rings. The molecule has 1 aliphatic heterocycles. The quantitative estimate of drug-likeness (QED) is 0.536. The molecule has 3 rings (SSSR count). The van der Waals surface area contributed by atoms with Crippen molar-refractivity contribution < 1.29 is 19.4 Å². The average molecular weight is 300 g/mol. The van der Waals surface area contributed by atoms with Gasteiger partial charge in [0.2, 0.25) is 5.88 Å². The number of nitrogens with zero attached hydrogens (tertiary/aromatic N) is 2. The molecule has 2 heterocycles. The number of ether oxygens (including phenoxy) is 3. The van der Waals surface area contributed by atoms with Crippen molar-refractivity contribution in [2.24, 2.45) is 5.16 Å². The van der Waals surface area contributed by atoms with E-state index in [9.17, 15) is 0 Å². The van der Waals surface area contributed by atoms with Gasteiger partial charge in [-0.25, -0.2) is 4.98 Å². The number of hydrogen-bond acceptors (Lipinski definition) is 6. The number of aromatic nitrogens is 1. The number of benzene rings is 1. The van der Waals surface area contributed by atoms with Crippen molar-refractivity contribution in [1.29, 1.82) is 0 Å². The van der Waals surface area contributed by atoms with E-state index in [0.29, 0.717) is 29.7 Å². The Kier molecular flexibility index (Phi) is 3.82. The fraction of sp³-hybridized carbons (Fsp3) is 0.250. The minimum absolute atomic E-state index is 0.218. The molecular weight excluding hydrogens is 284 g/mol. The summed E-state index contributed by atoms with van der Waals surface area (Å²) in [4.78, 5) is 4.18. The molecule has 114 valence electrons. The second-order valence-corrected chi connectivity index (χ2v) is 4.90. The zero-order chi connectivity index (χ0) is 15.5. The Hall–Kier alpha value is -2.76. The fourth-order valence-electron chi connectivity index (χ4n) is 2.22. The van der Waals surface area contributed by atoms with E-state index in [1.165, 1.54) is 0 Å². The number of rotatable bonds is 3. The molecule has 0 radical (unpaired) electrons. The molecule has 0 amide bonds. The molecule has 1 N–H and O–H groups in total. The monoisotopic (exact) mass is 300 g/mol. The predicted molar refractivity (Wildman–Crippen MR) is 80.1 cm³/mol. The first-order chi connectivity index (χ1) is 10.7. The molecule has 2 aromatic rings. The van der Waals surface area contributed by atoms with E-state index in [2.05, 4.69) is 10.1 Å². The van der Waals surface area contributed by atoms with Crippen molar-refractivity contribution in [1.82, 2.24) is 4.98 Å². The Morgan fingerprint density at radius 1 is 1.32 bits per heavy atom. The van der Waals surface area contributed by atoms with E-state index in [4.69, 9.17) is 19.4 Å². The molecular formula is C16H16N2O4. The summed E-state index contributed by atoms with van der Waals surface area (Å²) >= 11 is 0. The van der Waals surface area contributed by atoms with Crippen LogP contribution in [0.1, 0.15) is 24.2 Å². The van der Waals surface area contributed by atoms with Crippen LogP contribution in [0.15, 0.2) is 41.7 Å². The van der Waals surface area contributed by atoms with E-state index >= 15 is 0 Å². The van der Waals surface area contributed by atoms with Gasteiger partial charge in [0, 0.05) is 23.4 Å². The lowest BCUT2D eigenvalue weighted by Gasteiger charge is -2.27. The summed E-state index contributed by atoms with van der Waals surface area (Å²) in [5.74, 6) is 1.85. The lowest BCUT2D eigenvalue weighted by atomic mass is 10.1. The molecule has 0 fully saturated rings. The minimum Gasteiger partial charge on any atom is -0.485 e. The number of fused-ring (bicyclic) bond motifs is 1. The Morgan fingerprint density at radius 2 is 2.18 bits per heavy atom. The Labute approximate surface area is 128 Å². The summed E-state index contributed by atoms with van der Waals surface area (Å²) in [7, 11) is 1.58. The van der Waals surface area contributed by atoms with E-state index in [1.54, 1.807) is 32.4 Å². The summed E-state index contributed by atoms with van der Waals surface area (Å²) in [6.07, 6.45) is 1.50. The maximum absolute atomic E-state index is 8.82. The second-order valence-electron chi connectivity index (χ2n) is 4.90. The normalized spacial score (nSPS) is 17.2. The number of oxime groups is 1. The van der Waals surface area contributed by atoms with E-state index < -0.39 is 0 Å². The van der Waals surface area contributed by atoms with Crippen LogP contribution in [-0.4, -0.2) is 29.6 Å². The third-order valence-corrected chi connectivity index (χ3v) is 3.51. The van der Waals surface area contributed by atoms with Crippen LogP contribution in [0.5, 0.6) is 17.4 Å². The van der Waals surface area contributed by atoms with Crippen molar-refractivity contribution in [2.45, 2.75) is 13.0 Å². The van der Waals surface area contributed by atoms with Crippen LogP contribution >= 0.6 is 0 Å². The molecule has 22 heavy (non-hydrogen) atoms. The van der Waals surface area contributed by atoms with Crippen molar-refractivity contribution in [3.63, 3.8) is 0 Å². The Balaban J connectivity index is 1.81. The molecule has 0 saturated carbocycles. The molecule has 1 aromatic heterocycles. The topological polar surface area (TPSA) is 73.2 Å². The third kappa shape index (κ3) is 2.67. The van der Waals surface area contributed by atoms with Crippen molar-refractivity contribution in [3.05, 3.63) is 47.7 Å². The average Bonchev–Trinajstić information content (AvgIpc) is 2.60. The van der Waals surface area contributed by atoms with Gasteiger partial charge in [0.1, 0.15) is 6.61 Å². The molecule has 1 aromatic carbocycles. The van der Waals surface area contributed by atoms with Gasteiger partial charge in [0.25, 0.3) is 0 Å². The molecule has 0 spiro atoms. The van der Waals surface area contributed by atoms with Crippen LogP contribution in [0.25, 0.3) is 0 Å². The fourth-order valence-corrected chi connectivity index (χ4v) is 2.22. The summed E-state index contributed by atoms with van der Waals surface area (Å²) in [6, 6.07) is 9.13. The second kappa shape index (κ2) is 5.93. The van der Waals surface area contributed by atoms with Crippen molar-refractivity contribution >= 4 is 5.71 Å². The maximum atomic E-state index is 8.82. The minimum atomic E-state index is -0.218. The van der Waals surface area contributed by atoms with Crippen molar-refractivity contribution in [2.75, 3.05) is 13.7 Å². The van der Waals surface area contributed by atoms with Crippen LogP contribution in [-0.2, 0) is 0 Å². The highest BCUT2D eigenvalue weighted by atomic mass is 16.6. The standard InChI is InChI=1S/C16H16N2O4/c1-10(18-19)11-3-5-13-14(7-11)21-9-15(22-13)12-4-6-16(20-2)17-8-12/h3-8,15,19H,9H2,1-2H3/b18-10-. The van der Waals surface area contributed by atoms with Gasteiger partial charge in [-0.15, -0.1) is 0 Å². The van der Waals surface area contributed by atoms with Crippen LogP contribution in [0.2, 0.25) is 0 Å². The van der Waals surface area contributed by atoms with Gasteiger partial charge in [-0.3, -0.25) is 0 Å². The lowest BCUT2D eigenvalue weighted by Crippen LogP contribution is -2.22. The Morgan fingerprint density at radius 3 is 2.86 bits per heavy atom. The van der Waals surface area contributed by atoms with E-state index in [0.717, 1.165) is 11.1 Å². The van der Waals surface area contributed by atoms with Gasteiger partial charge in [0.15, 0.2) is 17.6 Å². The van der Waals surface area contributed by atoms with Crippen LogP contribution in [0.4, 0.5) is 0 Å². The number of pyridine rings is 1. The molecule has 1 unspecified atom stereocenters. The highest BCUT2D eigenvalue weighted by molar-refractivity contribution is 5.98. The third-order valence-electron chi connectivity index (χ3n) is 3.51. The zero-order valence-corrected chi connectivity index (χ0v) is 12.3. The molecule has 0 aliphatic carbocycles. The highest BCUT2D eigenvalue weighted by Gasteiger charge is 2.23. The van der Waals surface area contributed by atoms with Gasteiger partial charge >= 0.3 is 0 Å². The van der Waals surface area contributed by atoms with Crippen LogP contribution < -0.4 is 14.2 Å². The predicted octanol–water partition coefficient (Wildman–Crippen LogP) is 2.80. The molecule has 0 saturated heterocycles. The molecule has 1 atom stereocenters. The molecule has 6 heteroatoms. The summed E-state index contributed by atoms with van der Waals surface area (Å²) in [5, 5.41) is 12.0. The maximum Gasteiger partial charge on any atom is 0.212 e. The Bertz CT molecular complexity index is 698. The summed E-state index contributed by atoms with van der Waals surface area (Å²) < 4.78 is 16.8. The van der Waals surface area contributed by atoms with Gasteiger partial charge < -0.3 is 19.4 Å².